The maximum absolute atomic E-state index is 14.1. The standard InChI is InChI=1S/C40H65N5O8/c1-13-26(6)35(44(9)39(49)34(25(4)5)43-38(48)33(41-8)24(2)3)31(51-10)23-32(46)45-22-16-19-30(45)36(52-11)27(7)37(47)42-21-20-28-17-14-15-18-29(28)40(50)53-12/h14-15,17-18,25-27,30-31,33-36,41H,2,13,16,19-23H2,1,3-12H3,(H,42,47)(H,43,48)/t26?,27-,30+,31-,33+,34+,35+,36-/m1/s1. The van der Waals surface area contributed by atoms with Crippen LogP contribution in [0.25, 0.3) is 0 Å². The molecule has 1 unspecified atom stereocenters. The molecule has 0 saturated carbocycles. The van der Waals surface area contributed by atoms with E-state index in [4.69, 9.17) is 14.2 Å². The van der Waals surface area contributed by atoms with E-state index in [2.05, 4.69) is 22.5 Å². The van der Waals surface area contributed by atoms with Gasteiger partial charge in [-0.1, -0.05) is 71.4 Å². The first-order valence-electron chi connectivity index (χ1n) is 18.8. The summed E-state index contributed by atoms with van der Waals surface area (Å²) in [4.78, 5) is 70.3. The van der Waals surface area contributed by atoms with Crippen molar-refractivity contribution in [2.24, 2.45) is 17.8 Å². The van der Waals surface area contributed by atoms with Crippen LogP contribution < -0.4 is 16.0 Å². The summed E-state index contributed by atoms with van der Waals surface area (Å²) in [7, 11) is 7.81. The number of nitrogens with zero attached hydrogens (tertiary/aromatic N) is 2. The van der Waals surface area contributed by atoms with Crippen molar-refractivity contribution in [3.63, 3.8) is 0 Å². The van der Waals surface area contributed by atoms with Crippen molar-refractivity contribution >= 4 is 29.6 Å². The molecule has 1 aliphatic heterocycles. The summed E-state index contributed by atoms with van der Waals surface area (Å²) in [6.07, 6.45) is 1.43. The fraction of sp³-hybridized carbons (Fsp3) is 0.675. The molecule has 53 heavy (non-hydrogen) atoms. The summed E-state index contributed by atoms with van der Waals surface area (Å²) in [6, 6.07) is 4.89. The second-order valence-corrected chi connectivity index (χ2v) is 14.6. The molecule has 13 heteroatoms. The van der Waals surface area contributed by atoms with E-state index in [0.717, 1.165) is 18.4 Å². The van der Waals surface area contributed by atoms with Crippen molar-refractivity contribution in [2.45, 2.75) is 110 Å². The second-order valence-electron chi connectivity index (χ2n) is 14.6. The van der Waals surface area contributed by atoms with E-state index in [1.807, 2.05) is 39.8 Å². The molecule has 1 saturated heterocycles. The van der Waals surface area contributed by atoms with Gasteiger partial charge in [0.05, 0.1) is 49.3 Å². The minimum absolute atomic E-state index is 0.0203. The Kier molecular flexibility index (Phi) is 18.6. The number of benzene rings is 1. The number of rotatable bonds is 21. The van der Waals surface area contributed by atoms with Gasteiger partial charge in [0.25, 0.3) is 0 Å². The highest BCUT2D eigenvalue weighted by molar-refractivity contribution is 5.92. The molecule has 1 aliphatic rings. The van der Waals surface area contributed by atoms with E-state index >= 15 is 0 Å². The van der Waals surface area contributed by atoms with Crippen LogP contribution in [0.5, 0.6) is 0 Å². The molecule has 3 N–H and O–H groups in total. The molecule has 4 amide bonds. The maximum atomic E-state index is 14.1. The predicted octanol–water partition coefficient (Wildman–Crippen LogP) is 3.36. The monoisotopic (exact) mass is 743 g/mol. The lowest BCUT2D eigenvalue weighted by atomic mass is 9.89. The smallest absolute Gasteiger partial charge is 0.338 e. The van der Waals surface area contributed by atoms with Crippen LogP contribution in [0.1, 0.15) is 83.1 Å². The molecule has 8 atom stereocenters. The van der Waals surface area contributed by atoms with Crippen LogP contribution in [0.3, 0.4) is 0 Å². The number of carbonyl (C=O) groups is 5. The van der Waals surface area contributed by atoms with E-state index in [1.54, 1.807) is 64.1 Å². The number of amides is 4. The molecule has 298 valence electrons. The fourth-order valence-corrected chi connectivity index (χ4v) is 7.41. The molecule has 1 heterocycles. The van der Waals surface area contributed by atoms with Gasteiger partial charge in [0.1, 0.15) is 12.1 Å². The Bertz CT molecular complexity index is 1400. The third-order valence-corrected chi connectivity index (χ3v) is 10.6. The highest BCUT2D eigenvalue weighted by atomic mass is 16.5. The zero-order chi connectivity index (χ0) is 40.0. The zero-order valence-corrected chi connectivity index (χ0v) is 33.8. The first-order valence-corrected chi connectivity index (χ1v) is 18.8. The van der Waals surface area contributed by atoms with E-state index in [1.165, 1.54) is 7.11 Å². The molecule has 0 aliphatic carbocycles. The Hall–Kier alpha value is -3.81. The Morgan fingerprint density at radius 1 is 1.02 bits per heavy atom. The van der Waals surface area contributed by atoms with Gasteiger partial charge in [-0.15, -0.1) is 0 Å². The predicted molar refractivity (Wildman–Crippen MR) is 205 cm³/mol. The third-order valence-electron chi connectivity index (χ3n) is 10.6. The number of likely N-dealkylation sites (tertiary alicyclic amines) is 1. The molecule has 13 nitrogen and oxygen atoms in total. The van der Waals surface area contributed by atoms with Crippen LogP contribution in [0.15, 0.2) is 36.4 Å². The Labute approximate surface area is 316 Å². The van der Waals surface area contributed by atoms with Gasteiger partial charge in [-0.25, -0.2) is 4.79 Å². The van der Waals surface area contributed by atoms with Gasteiger partial charge in [0.15, 0.2) is 0 Å². The largest absolute Gasteiger partial charge is 0.465 e. The summed E-state index contributed by atoms with van der Waals surface area (Å²) >= 11 is 0. The van der Waals surface area contributed by atoms with Crippen molar-refractivity contribution in [1.82, 2.24) is 25.8 Å². The van der Waals surface area contributed by atoms with E-state index in [0.29, 0.717) is 37.1 Å². The van der Waals surface area contributed by atoms with Crippen molar-refractivity contribution < 1.29 is 38.2 Å². The lowest BCUT2D eigenvalue weighted by molar-refractivity contribution is -0.147. The van der Waals surface area contributed by atoms with Crippen molar-refractivity contribution in [2.75, 3.05) is 48.5 Å². The molecule has 0 bridgehead atoms. The quantitative estimate of drug-likeness (QED) is 0.127. The molecule has 1 aromatic carbocycles. The Morgan fingerprint density at radius 3 is 2.23 bits per heavy atom. The lowest BCUT2D eigenvalue weighted by Gasteiger charge is -2.41. The first-order chi connectivity index (χ1) is 25.1. The van der Waals surface area contributed by atoms with Gasteiger partial charge >= 0.3 is 5.97 Å². The molecule has 0 spiro atoms. The molecule has 1 fully saturated rings. The normalized spacial score (nSPS) is 18.3. The zero-order valence-electron chi connectivity index (χ0n) is 33.8. The Balaban J connectivity index is 2.21. The van der Waals surface area contributed by atoms with Crippen LogP contribution >= 0.6 is 0 Å². The summed E-state index contributed by atoms with van der Waals surface area (Å²) in [5.41, 5.74) is 1.86. The number of ether oxygens (including phenoxy) is 3. The number of hydrogen-bond donors (Lipinski definition) is 3. The topological polar surface area (TPSA) is 156 Å². The van der Waals surface area contributed by atoms with Gasteiger partial charge in [-0.05, 0) is 56.7 Å². The highest BCUT2D eigenvalue weighted by Crippen LogP contribution is 2.29. The minimum atomic E-state index is -0.803. The van der Waals surface area contributed by atoms with Crippen LogP contribution in [-0.2, 0) is 39.8 Å². The average molecular weight is 744 g/mol. The van der Waals surface area contributed by atoms with Crippen molar-refractivity contribution in [3.05, 3.63) is 47.5 Å². The summed E-state index contributed by atoms with van der Waals surface area (Å²) in [5.74, 6) is -2.20. The van der Waals surface area contributed by atoms with Gasteiger partial charge in [-0.2, -0.15) is 0 Å². The number of methoxy groups -OCH3 is 3. The molecule has 0 aromatic heterocycles. The maximum Gasteiger partial charge on any atom is 0.338 e. The molecule has 1 aromatic rings. The first kappa shape index (κ1) is 45.3. The van der Waals surface area contributed by atoms with Crippen molar-refractivity contribution in [1.29, 1.82) is 0 Å². The van der Waals surface area contributed by atoms with Gasteiger partial charge < -0.3 is 40.0 Å². The number of nitrogens with one attached hydrogen (secondary N) is 3. The van der Waals surface area contributed by atoms with E-state index in [9.17, 15) is 24.0 Å². The second kappa shape index (κ2) is 21.8. The fourth-order valence-electron chi connectivity index (χ4n) is 7.41. The molecule has 2 rings (SSSR count). The average Bonchev–Trinajstić information content (AvgIpc) is 3.62. The number of hydrogen-bond acceptors (Lipinski definition) is 9. The van der Waals surface area contributed by atoms with E-state index < -0.39 is 42.2 Å². The SMILES string of the molecule is C=C(C)[C@H](NC)C(=O)N[C@H](C(=O)N(C)[C@@H](C(C)CC)[C@@H](CC(=O)N1CCC[C@H]1[C@H](OC)[C@@H](C)C(=O)NCCc1ccccc1C(=O)OC)OC)C(C)C. The summed E-state index contributed by atoms with van der Waals surface area (Å²) in [5, 5.41) is 8.84. The highest BCUT2D eigenvalue weighted by Gasteiger charge is 2.43. The minimum Gasteiger partial charge on any atom is -0.465 e. The van der Waals surface area contributed by atoms with Crippen molar-refractivity contribution in [3.8, 4) is 0 Å². The summed E-state index contributed by atoms with van der Waals surface area (Å²) in [6.45, 7) is 16.1. The molecular weight excluding hydrogens is 678 g/mol. The van der Waals surface area contributed by atoms with Gasteiger partial charge in [0, 0.05) is 34.4 Å². The number of carbonyl (C=O) groups excluding carboxylic acids is 5. The van der Waals surface area contributed by atoms with Crippen LogP contribution in [0.4, 0.5) is 0 Å². The van der Waals surface area contributed by atoms with Crippen LogP contribution in [0.2, 0.25) is 0 Å². The Morgan fingerprint density at radius 2 is 1.68 bits per heavy atom. The van der Waals surface area contributed by atoms with Crippen LogP contribution in [0, 0.1) is 17.8 Å². The van der Waals surface area contributed by atoms with Gasteiger partial charge in [-0.3, -0.25) is 19.2 Å². The third kappa shape index (κ3) is 11.8. The summed E-state index contributed by atoms with van der Waals surface area (Å²) < 4.78 is 16.8. The lowest BCUT2D eigenvalue weighted by Crippen LogP contribution is -2.59. The molecule has 0 radical (unpaired) electrons. The van der Waals surface area contributed by atoms with E-state index in [-0.39, 0.29) is 47.9 Å². The number of likely N-dealkylation sites (N-methyl/N-ethyl adjacent to an activating group) is 2. The van der Waals surface area contributed by atoms with Crippen LogP contribution in [-0.4, -0.2) is 124 Å². The molecular formula is C40H65N5O8. The number of esters is 1. The van der Waals surface area contributed by atoms with Gasteiger partial charge in [0.2, 0.25) is 23.6 Å².